The topological polar surface area (TPSA) is 3.24 Å². The van der Waals surface area contributed by atoms with Crippen LogP contribution in [-0.2, 0) is 0 Å². The van der Waals surface area contributed by atoms with E-state index < -0.39 is 0 Å². The monoisotopic (exact) mass is 561 g/mol. The van der Waals surface area contributed by atoms with Crippen molar-refractivity contribution in [1.82, 2.24) is 0 Å². The van der Waals surface area contributed by atoms with E-state index >= 15 is 0 Å². The molecule has 0 fully saturated rings. The molecule has 1 unspecified atom stereocenters. The highest BCUT2D eigenvalue weighted by Gasteiger charge is 2.11. The summed E-state index contributed by atoms with van der Waals surface area (Å²) in [4.78, 5) is 2.49. The van der Waals surface area contributed by atoms with Crippen molar-refractivity contribution in [3.8, 4) is 0 Å². The fraction of sp³-hybridized carbons (Fsp3) is 0.333. The highest BCUT2D eigenvalue weighted by molar-refractivity contribution is 7.57. The lowest BCUT2D eigenvalue weighted by Crippen LogP contribution is -2.18. The summed E-state index contributed by atoms with van der Waals surface area (Å²) in [5.74, 6) is 0. The number of hydrogen-bond acceptors (Lipinski definition) is 1. The minimum Gasteiger partial charge on any atom is -0.341 e. The largest absolute Gasteiger partial charge is 0.341 e. The van der Waals surface area contributed by atoms with Crippen LogP contribution in [0.25, 0.3) is 11.6 Å². The molecule has 4 aromatic carbocycles. The molecule has 0 aromatic heterocycles. The summed E-state index contributed by atoms with van der Waals surface area (Å²) in [7, 11) is 0.145. The molecule has 41 heavy (non-hydrogen) atoms. The summed E-state index contributed by atoms with van der Waals surface area (Å²) in [6.07, 6.45) is 17.1. The average Bonchev–Trinajstić information content (AvgIpc) is 3.04. The Balaban J connectivity index is 1.24. The number of allylic oxidation sites excluding steroid dienone is 1. The van der Waals surface area contributed by atoms with E-state index in [0.717, 1.165) is 13.0 Å². The average molecular weight is 562 g/mol. The zero-order chi connectivity index (χ0) is 28.4. The number of para-hydroxylation sites is 2. The van der Waals surface area contributed by atoms with Crippen LogP contribution in [0, 0.1) is 0 Å². The number of anilines is 2. The standard InChI is InChI=1S/C39H48NP/c1-2-3-31-41(33-20-18-30-40(38-26-14-6-15-27-38)39-28-16-7-17-29-39)32-19-8-13-25-37(36-23-11-5-12-24-36)34-35-21-9-4-10-22-35/h4-7,9-12,14-17,21-24,26-29,34H,2-3,8,13,18-20,25,30-33H2,1H3. The maximum absolute atomic E-state index is 2.49. The second-order valence-electron chi connectivity index (χ2n) is 11.0. The number of unbranched alkanes of at least 4 members (excludes halogenated alkanes) is 4. The van der Waals surface area contributed by atoms with E-state index in [0.29, 0.717) is 0 Å². The molecule has 0 bridgehead atoms. The van der Waals surface area contributed by atoms with Crippen molar-refractivity contribution in [3.63, 3.8) is 0 Å². The Kier molecular flexibility index (Phi) is 13.8. The van der Waals surface area contributed by atoms with Gasteiger partial charge in [0.1, 0.15) is 0 Å². The summed E-state index contributed by atoms with van der Waals surface area (Å²) in [5.41, 5.74) is 6.71. The summed E-state index contributed by atoms with van der Waals surface area (Å²) in [5, 5.41) is 0. The van der Waals surface area contributed by atoms with Crippen LogP contribution in [0.4, 0.5) is 11.4 Å². The predicted octanol–water partition coefficient (Wildman–Crippen LogP) is 11.7. The van der Waals surface area contributed by atoms with Gasteiger partial charge in [0.2, 0.25) is 0 Å². The predicted molar refractivity (Wildman–Crippen MR) is 185 cm³/mol. The van der Waals surface area contributed by atoms with Gasteiger partial charge in [-0.3, -0.25) is 0 Å². The third kappa shape index (κ3) is 11.0. The summed E-state index contributed by atoms with van der Waals surface area (Å²) < 4.78 is 0. The lowest BCUT2D eigenvalue weighted by molar-refractivity contribution is 0.735. The van der Waals surface area contributed by atoms with Gasteiger partial charge in [0.05, 0.1) is 0 Å². The zero-order valence-electron chi connectivity index (χ0n) is 25.0. The molecule has 0 radical (unpaired) electrons. The molecule has 0 saturated carbocycles. The van der Waals surface area contributed by atoms with Gasteiger partial charge < -0.3 is 4.90 Å². The highest BCUT2D eigenvalue weighted by Crippen LogP contribution is 2.39. The van der Waals surface area contributed by atoms with Crippen LogP contribution in [0.3, 0.4) is 0 Å². The van der Waals surface area contributed by atoms with Crippen LogP contribution in [0.1, 0.15) is 69.4 Å². The van der Waals surface area contributed by atoms with Crippen molar-refractivity contribution >= 4 is 30.9 Å². The summed E-state index contributed by atoms with van der Waals surface area (Å²) in [6.45, 7) is 3.43. The molecule has 0 N–H and O–H groups in total. The maximum Gasteiger partial charge on any atom is 0.0410 e. The number of nitrogens with zero attached hydrogens (tertiary/aromatic N) is 1. The van der Waals surface area contributed by atoms with Gasteiger partial charge in [-0.15, -0.1) is 7.92 Å². The fourth-order valence-corrected chi connectivity index (χ4v) is 8.25. The number of hydrogen-bond donors (Lipinski definition) is 0. The van der Waals surface area contributed by atoms with E-state index in [-0.39, 0.29) is 7.92 Å². The van der Waals surface area contributed by atoms with Crippen molar-refractivity contribution in [2.24, 2.45) is 0 Å². The molecule has 0 saturated heterocycles. The van der Waals surface area contributed by atoms with Crippen molar-refractivity contribution in [2.75, 3.05) is 29.9 Å². The van der Waals surface area contributed by atoms with Crippen molar-refractivity contribution in [2.45, 2.75) is 58.3 Å². The fourth-order valence-electron chi connectivity index (χ4n) is 5.48. The van der Waals surface area contributed by atoms with E-state index in [1.807, 2.05) is 0 Å². The molecule has 1 nitrogen and oxygen atoms in total. The molecular weight excluding hydrogens is 513 g/mol. The summed E-state index contributed by atoms with van der Waals surface area (Å²) >= 11 is 0. The Morgan fingerprint density at radius 1 is 0.561 bits per heavy atom. The van der Waals surface area contributed by atoms with Gasteiger partial charge in [-0.25, -0.2) is 0 Å². The molecule has 4 aromatic rings. The number of benzene rings is 4. The SMILES string of the molecule is CCCCP(CCCCCC(=Cc1ccccc1)c1ccccc1)CCCCN(c1ccccc1)c1ccccc1. The van der Waals surface area contributed by atoms with Crippen molar-refractivity contribution < 1.29 is 0 Å². The van der Waals surface area contributed by atoms with Gasteiger partial charge in [-0.05, 0) is 98.0 Å². The Hall–Kier alpha value is -3.15. The smallest absolute Gasteiger partial charge is 0.0410 e. The van der Waals surface area contributed by atoms with Crippen LogP contribution >= 0.6 is 7.92 Å². The van der Waals surface area contributed by atoms with Crippen LogP contribution < -0.4 is 4.90 Å². The van der Waals surface area contributed by atoms with Crippen molar-refractivity contribution in [3.05, 3.63) is 132 Å². The molecule has 0 spiro atoms. The lowest BCUT2D eigenvalue weighted by Gasteiger charge is -2.25. The van der Waals surface area contributed by atoms with Gasteiger partial charge in [0.15, 0.2) is 0 Å². The van der Waals surface area contributed by atoms with Crippen LogP contribution in [-0.4, -0.2) is 25.0 Å². The zero-order valence-corrected chi connectivity index (χ0v) is 25.9. The molecule has 0 aliphatic carbocycles. The van der Waals surface area contributed by atoms with Gasteiger partial charge in [0, 0.05) is 17.9 Å². The van der Waals surface area contributed by atoms with E-state index in [1.165, 1.54) is 91.5 Å². The van der Waals surface area contributed by atoms with E-state index in [2.05, 4.69) is 139 Å². The van der Waals surface area contributed by atoms with E-state index in [1.54, 1.807) is 0 Å². The highest BCUT2D eigenvalue weighted by atomic mass is 31.1. The molecule has 214 valence electrons. The Labute approximate surface area is 251 Å². The molecule has 0 aliphatic rings. The Bertz CT molecular complexity index is 1200. The first-order chi connectivity index (χ1) is 20.3. The minimum atomic E-state index is 0.145. The minimum absolute atomic E-state index is 0.145. The molecular formula is C39H48NP. The van der Waals surface area contributed by atoms with Gasteiger partial charge in [-0.1, -0.05) is 123 Å². The Morgan fingerprint density at radius 2 is 1.07 bits per heavy atom. The first kappa shape index (κ1) is 30.8. The third-order valence-electron chi connectivity index (χ3n) is 7.78. The van der Waals surface area contributed by atoms with Gasteiger partial charge >= 0.3 is 0 Å². The van der Waals surface area contributed by atoms with E-state index in [4.69, 9.17) is 0 Å². The third-order valence-corrected chi connectivity index (χ3v) is 10.6. The van der Waals surface area contributed by atoms with Crippen molar-refractivity contribution in [1.29, 1.82) is 0 Å². The first-order valence-electron chi connectivity index (χ1n) is 15.7. The summed E-state index contributed by atoms with van der Waals surface area (Å²) in [6, 6.07) is 43.5. The Morgan fingerprint density at radius 3 is 1.66 bits per heavy atom. The second kappa shape index (κ2) is 18.3. The molecule has 2 heteroatoms. The van der Waals surface area contributed by atoms with Crippen LogP contribution in [0.15, 0.2) is 121 Å². The van der Waals surface area contributed by atoms with Gasteiger partial charge in [0.25, 0.3) is 0 Å². The maximum atomic E-state index is 2.49. The molecule has 0 heterocycles. The molecule has 1 atom stereocenters. The van der Waals surface area contributed by atoms with Crippen LogP contribution in [0.5, 0.6) is 0 Å². The molecule has 4 rings (SSSR count). The second-order valence-corrected chi connectivity index (χ2v) is 13.7. The van der Waals surface area contributed by atoms with E-state index in [9.17, 15) is 0 Å². The number of rotatable bonds is 18. The quantitative estimate of drug-likeness (QED) is 0.0663. The molecule has 0 aliphatic heterocycles. The first-order valence-corrected chi connectivity index (χ1v) is 17.6. The van der Waals surface area contributed by atoms with Crippen LogP contribution in [0.2, 0.25) is 0 Å². The lowest BCUT2D eigenvalue weighted by atomic mass is 9.97. The molecule has 0 amide bonds. The van der Waals surface area contributed by atoms with Gasteiger partial charge in [-0.2, -0.15) is 0 Å². The normalized spacial score (nSPS) is 12.3.